The number of amides is 1. The highest BCUT2D eigenvalue weighted by Crippen LogP contribution is 2.38. The fraction of sp³-hybridized carbons (Fsp3) is 0.227. The molecule has 31 heavy (non-hydrogen) atoms. The van der Waals surface area contributed by atoms with Crippen molar-refractivity contribution in [2.75, 3.05) is 5.32 Å². The van der Waals surface area contributed by atoms with E-state index in [2.05, 4.69) is 15.3 Å². The number of ether oxygens (including phenoxy) is 1. The van der Waals surface area contributed by atoms with E-state index in [1.54, 1.807) is 32.9 Å². The maximum absolute atomic E-state index is 13.6. The highest BCUT2D eigenvalue weighted by atomic mass is 19.4. The molecule has 0 radical (unpaired) electrons. The van der Waals surface area contributed by atoms with Gasteiger partial charge in [0.15, 0.2) is 0 Å². The average Bonchev–Trinajstić information content (AvgIpc) is 2.65. The third-order valence-corrected chi connectivity index (χ3v) is 4.05. The van der Waals surface area contributed by atoms with Crippen LogP contribution in [-0.4, -0.2) is 26.8 Å². The standard InChI is InChI=1S/C22H20F3N3O3/c1-21(2,3)31-19-12-14(13-8-9-26-18(11-13)28-20(29)30)10-17(27-19)15-6-4-5-7-16(15)22(23,24)25/h4-12H,1-3H3,(H,26,28)(H,29,30). The van der Waals surface area contributed by atoms with Crippen LogP contribution in [-0.2, 0) is 6.18 Å². The Morgan fingerprint density at radius 3 is 2.39 bits per heavy atom. The minimum absolute atomic E-state index is 0.0780. The number of aromatic nitrogens is 2. The molecule has 0 unspecified atom stereocenters. The molecule has 1 aromatic carbocycles. The molecule has 162 valence electrons. The molecule has 0 spiro atoms. The van der Waals surface area contributed by atoms with Gasteiger partial charge in [-0.1, -0.05) is 18.2 Å². The number of alkyl halides is 3. The molecule has 0 atom stereocenters. The summed E-state index contributed by atoms with van der Waals surface area (Å²) in [6, 6.07) is 11.3. The lowest BCUT2D eigenvalue weighted by Crippen LogP contribution is -2.23. The van der Waals surface area contributed by atoms with E-state index in [1.807, 2.05) is 0 Å². The number of carbonyl (C=O) groups is 1. The van der Waals surface area contributed by atoms with E-state index in [4.69, 9.17) is 9.84 Å². The maximum Gasteiger partial charge on any atom is 0.417 e. The molecular weight excluding hydrogens is 411 g/mol. The Kier molecular flexibility index (Phi) is 5.88. The minimum atomic E-state index is -4.56. The van der Waals surface area contributed by atoms with Crippen LogP contribution < -0.4 is 10.1 Å². The van der Waals surface area contributed by atoms with Crippen molar-refractivity contribution in [3.05, 3.63) is 60.3 Å². The predicted octanol–water partition coefficient (Wildman–Crippen LogP) is 6.10. The molecule has 3 aromatic rings. The van der Waals surface area contributed by atoms with Crippen LogP contribution in [0.4, 0.5) is 23.8 Å². The van der Waals surface area contributed by atoms with Crippen LogP contribution >= 0.6 is 0 Å². The fourth-order valence-electron chi connectivity index (χ4n) is 2.92. The first-order valence-electron chi connectivity index (χ1n) is 9.26. The number of hydrogen-bond donors (Lipinski definition) is 2. The van der Waals surface area contributed by atoms with Crippen LogP contribution in [0.25, 0.3) is 22.4 Å². The van der Waals surface area contributed by atoms with Gasteiger partial charge in [-0.15, -0.1) is 0 Å². The Morgan fingerprint density at radius 2 is 1.74 bits per heavy atom. The second-order valence-corrected chi connectivity index (χ2v) is 7.70. The van der Waals surface area contributed by atoms with Crippen molar-refractivity contribution in [3.63, 3.8) is 0 Å². The largest absolute Gasteiger partial charge is 0.472 e. The summed E-state index contributed by atoms with van der Waals surface area (Å²) in [5, 5.41) is 11.1. The van der Waals surface area contributed by atoms with Crippen molar-refractivity contribution >= 4 is 11.9 Å². The summed E-state index contributed by atoms with van der Waals surface area (Å²) in [7, 11) is 0. The fourth-order valence-corrected chi connectivity index (χ4v) is 2.92. The smallest absolute Gasteiger partial charge is 0.417 e. The van der Waals surface area contributed by atoms with Gasteiger partial charge in [0.1, 0.15) is 11.4 Å². The molecular formula is C22H20F3N3O3. The SMILES string of the molecule is CC(C)(C)Oc1cc(-c2ccnc(NC(=O)O)c2)cc(-c2ccccc2C(F)(F)F)n1. The van der Waals surface area contributed by atoms with Crippen molar-refractivity contribution in [2.24, 2.45) is 0 Å². The molecule has 0 saturated carbocycles. The summed E-state index contributed by atoms with van der Waals surface area (Å²) in [5.74, 6) is 0.221. The molecule has 0 bridgehead atoms. The van der Waals surface area contributed by atoms with Gasteiger partial charge in [-0.05, 0) is 56.2 Å². The summed E-state index contributed by atoms with van der Waals surface area (Å²) in [6.07, 6.45) is -4.45. The zero-order valence-corrected chi connectivity index (χ0v) is 17.0. The van der Waals surface area contributed by atoms with Gasteiger partial charge in [-0.2, -0.15) is 13.2 Å². The first kappa shape index (κ1) is 22.1. The van der Waals surface area contributed by atoms with Gasteiger partial charge >= 0.3 is 12.3 Å². The van der Waals surface area contributed by atoms with Crippen LogP contribution in [0.5, 0.6) is 5.88 Å². The average molecular weight is 431 g/mol. The number of benzene rings is 1. The first-order chi connectivity index (χ1) is 14.4. The second-order valence-electron chi connectivity index (χ2n) is 7.70. The number of anilines is 1. The third-order valence-electron chi connectivity index (χ3n) is 4.05. The topological polar surface area (TPSA) is 84.3 Å². The summed E-state index contributed by atoms with van der Waals surface area (Å²) >= 11 is 0. The Balaban J connectivity index is 2.19. The lowest BCUT2D eigenvalue weighted by Gasteiger charge is -2.22. The number of hydrogen-bond acceptors (Lipinski definition) is 4. The number of rotatable bonds is 4. The molecule has 0 fully saturated rings. The molecule has 2 aromatic heterocycles. The van der Waals surface area contributed by atoms with E-state index in [1.165, 1.54) is 36.5 Å². The Hall–Kier alpha value is -3.62. The van der Waals surface area contributed by atoms with E-state index in [-0.39, 0.29) is 23.0 Å². The van der Waals surface area contributed by atoms with Crippen LogP contribution in [0.2, 0.25) is 0 Å². The highest BCUT2D eigenvalue weighted by Gasteiger charge is 2.34. The van der Waals surface area contributed by atoms with Crippen molar-refractivity contribution < 1.29 is 27.8 Å². The van der Waals surface area contributed by atoms with Crippen molar-refractivity contribution in [1.29, 1.82) is 0 Å². The van der Waals surface area contributed by atoms with Gasteiger partial charge in [-0.25, -0.2) is 14.8 Å². The lowest BCUT2D eigenvalue weighted by molar-refractivity contribution is -0.137. The molecule has 1 amide bonds. The molecule has 0 aliphatic heterocycles. The minimum Gasteiger partial charge on any atom is -0.472 e. The Bertz CT molecular complexity index is 1110. The van der Waals surface area contributed by atoms with Gasteiger partial charge in [0, 0.05) is 17.8 Å². The quantitative estimate of drug-likeness (QED) is 0.522. The van der Waals surface area contributed by atoms with Gasteiger partial charge < -0.3 is 9.84 Å². The molecule has 3 rings (SSSR count). The molecule has 0 aliphatic rings. The monoisotopic (exact) mass is 431 g/mol. The number of nitrogens with one attached hydrogen (secondary N) is 1. The van der Waals surface area contributed by atoms with Crippen LogP contribution in [0.1, 0.15) is 26.3 Å². The summed E-state index contributed by atoms with van der Waals surface area (Å²) in [5.41, 5.74) is -0.435. The van der Waals surface area contributed by atoms with Gasteiger partial charge in [0.25, 0.3) is 0 Å². The van der Waals surface area contributed by atoms with Crippen LogP contribution in [0.15, 0.2) is 54.7 Å². The number of carboxylic acid groups (broad SMARTS) is 1. The number of pyridine rings is 2. The van der Waals surface area contributed by atoms with E-state index in [0.29, 0.717) is 11.1 Å². The zero-order valence-electron chi connectivity index (χ0n) is 17.0. The van der Waals surface area contributed by atoms with Gasteiger partial charge in [0.2, 0.25) is 5.88 Å². The van der Waals surface area contributed by atoms with E-state index >= 15 is 0 Å². The van der Waals surface area contributed by atoms with Crippen LogP contribution in [0, 0.1) is 0 Å². The highest BCUT2D eigenvalue weighted by molar-refractivity contribution is 5.83. The molecule has 2 N–H and O–H groups in total. The van der Waals surface area contributed by atoms with E-state index in [0.717, 1.165) is 6.07 Å². The maximum atomic E-state index is 13.6. The molecule has 6 nitrogen and oxygen atoms in total. The summed E-state index contributed by atoms with van der Waals surface area (Å²) < 4.78 is 46.5. The number of halogens is 3. The zero-order chi connectivity index (χ0) is 22.8. The molecule has 9 heteroatoms. The number of nitrogens with zero attached hydrogens (tertiary/aromatic N) is 2. The molecule has 2 heterocycles. The molecule has 0 aliphatic carbocycles. The normalized spacial score (nSPS) is 11.8. The van der Waals surface area contributed by atoms with E-state index in [9.17, 15) is 18.0 Å². The predicted molar refractivity (Wildman–Crippen MR) is 110 cm³/mol. The Labute approximate surface area is 176 Å². The van der Waals surface area contributed by atoms with Gasteiger partial charge in [-0.3, -0.25) is 5.32 Å². The summed E-state index contributed by atoms with van der Waals surface area (Å²) in [6.45, 7) is 5.39. The summed E-state index contributed by atoms with van der Waals surface area (Å²) in [4.78, 5) is 19.1. The van der Waals surface area contributed by atoms with Crippen molar-refractivity contribution in [1.82, 2.24) is 9.97 Å². The Morgan fingerprint density at radius 1 is 1.03 bits per heavy atom. The second kappa shape index (κ2) is 8.25. The van der Waals surface area contributed by atoms with Crippen molar-refractivity contribution in [3.8, 4) is 28.3 Å². The first-order valence-corrected chi connectivity index (χ1v) is 9.26. The molecule has 0 saturated heterocycles. The van der Waals surface area contributed by atoms with E-state index < -0.39 is 23.4 Å². The van der Waals surface area contributed by atoms with Gasteiger partial charge in [0.05, 0.1) is 11.3 Å². The third kappa shape index (κ3) is 5.71. The lowest BCUT2D eigenvalue weighted by atomic mass is 10.00. The van der Waals surface area contributed by atoms with Crippen molar-refractivity contribution in [2.45, 2.75) is 32.5 Å². The van der Waals surface area contributed by atoms with Crippen LogP contribution in [0.3, 0.4) is 0 Å².